The van der Waals surface area contributed by atoms with Crippen molar-refractivity contribution in [1.29, 1.82) is 0 Å². The largest absolute Gasteiger partial charge is 0.493 e. The van der Waals surface area contributed by atoms with Crippen LogP contribution >= 0.6 is 0 Å². The standard InChI is InChI=1S/C19H20FNO3/c1-4-21(16-9-7-15(20)8-10-16)19(22)12-6-14-5-11-17(23-2)18(13-14)24-3/h5-13H,4H2,1-3H3/b12-6+. The summed E-state index contributed by atoms with van der Waals surface area (Å²) in [5.74, 6) is 0.711. The fourth-order valence-corrected chi connectivity index (χ4v) is 2.30. The van der Waals surface area contributed by atoms with E-state index in [-0.39, 0.29) is 11.7 Å². The highest BCUT2D eigenvalue weighted by Gasteiger charge is 2.11. The molecule has 0 aliphatic rings. The van der Waals surface area contributed by atoms with Crippen LogP contribution in [0.1, 0.15) is 12.5 Å². The zero-order valence-corrected chi connectivity index (χ0v) is 14.0. The Balaban J connectivity index is 2.17. The van der Waals surface area contributed by atoms with Gasteiger partial charge in [-0.2, -0.15) is 0 Å². The molecule has 2 aromatic rings. The second-order valence-corrected chi connectivity index (χ2v) is 5.01. The summed E-state index contributed by atoms with van der Waals surface area (Å²) in [5.41, 5.74) is 1.47. The molecule has 0 saturated heterocycles. The van der Waals surface area contributed by atoms with Gasteiger partial charge in [0.05, 0.1) is 14.2 Å². The molecule has 0 heterocycles. The predicted octanol–water partition coefficient (Wildman–Crippen LogP) is 3.91. The molecular formula is C19H20FNO3. The average Bonchev–Trinajstić information content (AvgIpc) is 2.61. The number of hydrogen-bond acceptors (Lipinski definition) is 3. The third kappa shape index (κ3) is 4.13. The van der Waals surface area contributed by atoms with Crippen molar-refractivity contribution in [3.63, 3.8) is 0 Å². The summed E-state index contributed by atoms with van der Waals surface area (Å²) in [6, 6.07) is 11.2. The maximum Gasteiger partial charge on any atom is 0.250 e. The van der Waals surface area contributed by atoms with Gasteiger partial charge >= 0.3 is 0 Å². The first-order valence-electron chi connectivity index (χ1n) is 7.56. The summed E-state index contributed by atoms with van der Waals surface area (Å²) < 4.78 is 23.4. The Kier molecular flexibility index (Phi) is 5.95. The van der Waals surface area contributed by atoms with Gasteiger partial charge < -0.3 is 14.4 Å². The van der Waals surface area contributed by atoms with Crippen molar-refractivity contribution in [2.75, 3.05) is 25.7 Å². The molecule has 24 heavy (non-hydrogen) atoms. The van der Waals surface area contributed by atoms with Crippen LogP contribution in [0.2, 0.25) is 0 Å². The molecule has 2 rings (SSSR count). The highest BCUT2D eigenvalue weighted by molar-refractivity contribution is 6.03. The van der Waals surface area contributed by atoms with Gasteiger partial charge in [-0.3, -0.25) is 4.79 Å². The lowest BCUT2D eigenvalue weighted by Crippen LogP contribution is -2.28. The fraction of sp³-hybridized carbons (Fsp3) is 0.211. The quantitative estimate of drug-likeness (QED) is 0.754. The average molecular weight is 329 g/mol. The van der Waals surface area contributed by atoms with Crippen LogP contribution in [0.25, 0.3) is 6.08 Å². The van der Waals surface area contributed by atoms with Gasteiger partial charge in [0.1, 0.15) is 5.82 Å². The Morgan fingerprint density at radius 1 is 1.08 bits per heavy atom. The Morgan fingerprint density at radius 2 is 1.75 bits per heavy atom. The minimum Gasteiger partial charge on any atom is -0.493 e. The number of carbonyl (C=O) groups excluding carboxylic acids is 1. The highest BCUT2D eigenvalue weighted by atomic mass is 19.1. The van der Waals surface area contributed by atoms with Gasteiger partial charge in [0.15, 0.2) is 11.5 Å². The Hall–Kier alpha value is -2.82. The molecule has 0 spiro atoms. The summed E-state index contributed by atoms with van der Waals surface area (Å²) in [5, 5.41) is 0. The summed E-state index contributed by atoms with van der Waals surface area (Å²) in [6.45, 7) is 2.35. The minimum atomic E-state index is -0.330. The summed E-state index contributed by atoms with van der Waals surface area (Å²) in [4.78, 5) is 14.0. The minimum absolute atomic E-state index is 0.182. The van der Waals surface area contributed by atoms with Crippen molar-refractivity contribution in [1.82, 2.24) is 0 Å². The molecule has 1 amide bonds. The number of anilines is 1. The van der Waals surface area contributed by atoms with E-state index >= 15 is 0 Å². The molecular weight excluding hydrogens is 309 g/mol. The third-order valence-electron chi connectivity index (χ3n) is 3.55. The molecule has 4 nitrogen and oxygen atoms in total. The van der Waals surface area contributed by atoms with Crippen molar-refractivity contribution >= 4 is 17.7 Å². The van der Waals surface area contributed by atoms with Crippen LogP contribution in [0, 0.1) is 5.82 Å². The molecule has 0 aliphatic heterocycles. The lowest BCUT2D eigenvalue weighted by molar-refractivity contribution is -0.114. The molecule has 0 unspecified atom stereocenters. The number of methoxy groups -OCH3 is 2. The van der Waals surface area contributed by atoms with Crippen molar-refractivity contribution < 1.29 is 18.7 Å². The summed E-state index contributed by atoms with van der Waals surface area (Å²) in [7, 11) is 3.13. The predicted molar refractivity (Wildman–Crippen MR) is 93.0 cm³/mol. The van der Waals surface area contributed by atoms with Crippen LogP contribution in [0.15, 0.2) is 48.5 Å². The van der Waals surface area contributed by atoms with E-state index in [0.717, 1.165) is 5.56 Å². The molecule has 0 radical (unpaired) electrons. The van der Waals surface area contributed by atoms with E-state index in [1.165, 1.54) is 18.2 Å². The molecule has 0 fully saturated rings. The second kappa shape index (κ2) is 8.15. The van der Waals surface area contributed by atoms with Crippen LogP contribution in [0.3, 0.4) is 0 Å². The second-order valence-electron chi connectivity index (χ2n) is 5.01. The number of nitrogens with zero attached hydrogens (tertiary/aromatic N) is 1. The Labute approximate surface area is 141 Å². The number of benzene rings is 2. The number of likely N-dealkylation sites (N-methyl/N-ethyl adjacent to an activating group) is 1. The van der Waals surface area contributed by atoms with E-state index in [9.17, 15) is 9.18 Å². The van der Waals surface area contributed by atoms with Crippen molar-refractivity contribution in [3.8, 4) is 11.5 Å². The van der Waals surface area contributed by atoms with Gasteiger partial charge in [-0.25, -0.2) is 4.39 Å². The Morgan fingerprint density at radius 3 is 2.33 bits per heavy atom. The van der Waals surface area contributed by atoms with Gasteiger partial charge in [-0.1, -0.05) is 6.07 Å². The maximum absolute atomic E-state index is 13.0. The van der Waals surface area contributed by atoms with E-state index < -0.39 is 0 Å². The lowest BCUT2D eigenvalue weighted by atomic mass is 10.2. The van der Waals surface area contributed by atoms with Crippen LogP contribution in [0.4, 0.5) is 10.1 Å². The first-order chi connectivity index (χ1) is 11.6. The van der Waals surface area contributed by atoms with E-state index in [1.807, 2.05) is 13.0 Å². The van der Waals surface area contributed by atoms with Crippen LogP contribution in [-0.2, 0) is 4.79 Å². The number of rotatable bonds is 6. The smallest absolute Gasteiger partial charge is 0.250 e. The summed E-state index contributed by atoms with van der Waals surface area (Å²) >= 11 is 0. The van der Waals surface area contributed by atoms with Gasteiger partial charge in [-0.15, -0.1) is 0 Å². The molecule has 0 aliphatic carbocycles. The van der Waals surface area contributed by atoms with Crippen LogP contribution in [0.5, 0.6) is 11.5 Å². The van der Waals surface area contributed by atoms with Gasteiger partial charge in [-0.05, 0) is 55.0 Å². The van der Waals surface area contributed by atoms with Crippen molar-refractivity contribution in [3.05, 3.63) is 59.9 Å². The third-order valence-corrected chi connectivity index (χ3v) is 3.55. The molecule has 0 atom stereocenters. The monoisotopic (exact) mass is 329 g/mol. The lowest BCUT2D eigenvalue weighted by Gasteiger charge is -2.19. The molecule has 0 aromatic heterocycles. The Bertz CT molecular complexity index is 726. The molecule has 2 aromatic carbocycles. The maximum atomic E-state index is 13.0. The van der Waals surface area contributed by atoms with Crippen LogP contribution < -0.4 is 14.4 Å². The van der Waals surface area contributed by atoms with Crippen molar-refractivity contribution in [2.45, 2.75) is 6.92 Å². The molecule has 0 saturated carbocycles. The van der Waals surface area contributed by atoms with E-state index in [0.29, 0.717) is 23.7 Å². The fourth-order valence-electron chi connectivity index (χ4n) is 2.30. The van der Waals surface area contributed by atoms with Crippen LogP contribution in [-0.4, -0.2) is 26.7 Å². The first kappa shape index (κ1) is 17.5. The van der Waals surface area contributed by atoms with Gasteiger partial charge in [0, 0.05) is 18.3 Å². The molecule has 0 N–H and O–H groups in total. The molecule has 0 bridgehead atoms. The van der Waals surface area contributed by atoms with E-state index in [2.05, 4.69) is 0 Å². The van der Waals surface area contributed by atoms with Gasteiger partial charge in [0.25, 0.3) is 5.91 Å². The highest BCUT2D eigenvalue weighted by Crippen LogP contribution is 2.28. The number of ether oxygens (including phenoxy) is 2. The number of halogens is 1. The SMILES string of the molecule is CCN(C(=O)/C=C/c1ccc(OC)c(OC)c1)c1ccc(F)cc1. The zero-order chi connectivity index (χ0) is 17.5. The normalized spacial score (nSPS) is 10.7. The number of carbonyl (C=O) groups is 1. The van der Waals surface area contributed by atoms with E-state index in [4.69, 9.17) is 9.47 Å². The number of hydrogen-bond donors (Lipinski definition) is 0. The molecule has 5 heteroatoms. The zero-order valence-electron chi connectivity index (χ0n) is 14.0. The number of amides is 1. The topological polar surface area (TPSA) is 38.8 Å². The summed E-state index contributed by atoms with van der Waals surface area (Å²) in [6.07, 6.45) is 3.19. The van der Waals surface area contributed by atoms with E-state index in [1.54, 1.807) is 49.5 Å². The van der Waals surface area contributed by atoms with Crippen molar-refractivity contribution in [2.24, 2.45) is 0 Å². The molecule has 126 valence electrons. The first-order valence-corrected chi connectivity index (χ1v) is 7.56. The van der Waals surface area contributed by atoms with Gasteiger partial charge in [0.2, 0.25) is 0 Å².